The van der Waals surface area contributed by atoms with Crippen molar-refractivity contribution in [2.75, 3.05) is 25.1 Å². The molecule has 0 amide bonds. The van der Waals surface area contributed by atoms with Gasteiger partial charge in [-0.3, -0.25) is 0 Å². The van der Waals surface area contributed by atoms with Gasteiger partial charge in [-0.05, 0) is 6.92 Å². The molecule has 0 aliphatic heterocycles. The predicted molar refractivity (Wildman–Crippen MR) is 56.8 cm³/mol. The lowest BCUT2D eigenvalue weighted by atomic mass is 10.6. The Morgan fingerprint density at radius 2 is 2.50 bits per heavy atom. The molecule has 1 aromatic rings. The standard InChI is InChI=1S/C8H10ClN3OS/c1-2-13-4-3-11-8-12-7(9)6(5-10)14-8/h2-4H2,1H3,(H,11,12). The molecule has 0 unspecified atom stereocenters. The second-order valence-electron chi connectivity index (χ2n) is 2.37. The van der Waals surface area contributed by atoms with Crippen molar-refractivity contribution in [2.24, 2.45) is 0 Å². The summed E-state index contributed by atoms with van der Waals surface area (Å²) in [7, 11) is 0. The third kappa shape index (κ3) is 3.14. The maximum absolute atomic E-state index is 8.62. The van der Waals surface area contributed by atoms with Crippen molar-refractivity contribution in [1.29, 1.82) is 5.26 Å². The van der Waals surface area contributed by atoms with E-state index < -0.39 is 0 Å². The lowest BCUT2D eigenvalue weighted by molar-refractivity contribution is 0.158. The predicted octanol–water partition coefficient (Wildman–Crippen LogP) is 2.12. The van der Waals surface area contributed by atoms with Gasteiger partial charge in [0.25, 0.3) is 0 Å². The molecule has 4 nitrogen and oxygen atoms in total. The Labute approximate surface area is 91.5 Å². The lowest BCUT2D eigenvalue weighted by Crippen LogP contribution is -2.08. The van der Waals surface area contributed by atoms with E-state index in [4.69, 9.17) is 21.6 Å². The highest BCUT2D eigenvalue weighted by atomic mass is 35.5. The molecule has 1 aromatic heterocycles. The van der Waals surface area contributed by atoms with Crippen molar-refractivity contribution >= 4 is 28.1 Å². The Hall–Kier alpha value is -0.830. The van der Waals surface area contributed by atoms with Gasteiger partial charge < -0.3 is 10.1 Å². The van der Waals surface area contributed by atoms with Crippen LogP contribution in [-0.2, 0) is 4.74 Å². The summed E-state index contributed by atoms with van der Waals surface area (Å²) in [5.41, 5.74) is 0. The Balaban J connectivity index is 2.40. The molecule has 76 valence electrons. The average Bonchev–Trinajstić information content (AvgIpc) is 2.54. The molecular weight excluding hydrogens is 222 g/mol. The van der Waals surface area contributed by atoms with E-state index in [0.29, 0.717) is 29.8 Å². The number of halogens is 1. The molecule has 0 aliphatic rings. The van der Waals surface area contributed by atoms with Gasteiger partial charge in [-0.2, -0.15) is 5.26 Å². The fraction of sp³-hybridized carbons (Fsp3) is 0.500. The molecule has 0 radical (unpaired) electrons. The van der Waals surface area contributed by atoms with Crippen LogP contribution >= 0.6 is 22.9 Å². The number of ether oxygens (including phenoxy) is 1. The first-order chi connectivity index (χ1) is 6.77. The van der Waals surface area contributed by atoms with Gasteiger partial charge in [0, 0.05) is 13.2 Å². The number of thiazole rings is 1. The van der Waals surface area contributed by atoms with Crippen molar-refractivity contribution in [2.45, 2.75) is 6.92 Å². The number of nitriles is 1. The summed E-state index contributed by atoms with van der Waals surface area (Å²) < 4.78 is 5.13. The SMILES string of the molecule is CCOCCNc1nc(Cl)c(C#N)s1. The van der Waals surface area contributed by atoms with Gasteiger partial charge in [0.15, 0.2) is 10.3 Å². The first-order valence-corrected chi connectivity index (χ1v) is 5.35. The fourth-order valence-corrected chi connectivity index (χ4v) is 1.79. The highest BCUT2D eigenvalue weighted by Gasteiger charge is 2.07. The summed E-state index contributed by atoms with van der Waals surface area (Å²) in [6.07, 6.45) is 0. The third-order valence-electron chi connectivity index (χ3n) is 1.41. The van der Waals surface area contributed by atoms with Gasteiger partial charge in [0.05, 0.1) is 6.61 Å². The van der Waals surface area contributed by atoms with Crippen molar-refractivity contribution in [1.82, 2.24) is 4.98 Å². The highest BCUT2D eigenvalue weighted by Crippen LogP contribution is 2.25. The fourth-order valence-electron chi connectivity index (χ4n) is 0.821. The van der Waals surface area contributed by atoms with E-state index in [-0.39, 0.29) is 5.15 Å². The van der Waals surface area contributed by atoms with Crippen LogP contribution in [0.1, 0.15) is 11.8 Å². The summed E-state index contributed by atoms with van der Waals surface area (Å²) >= 11 is 6.94. The Morgan fingerprint density at radius 1 is 1.71 bits per heavy atom. The maximum atomic E-state index is 8.62. The van der Waals surface area contributed by atoms with E-state index in [0.717, 1.165) is 0 Å². The molecule has 0 saturated heterocycles. The van der Waals surface area contributed by atoms with Gasteiger partial charge in [-0.15, -0.1) is 0 Å². The zero-order valence-corrected chi connectivity index (χ0v) is 9.28. The van der Waals surface area contributed by atoms with Crippen LogP contribution in [0.25, 0.3) is 0 Å². The van der Waals surface area contributed by atoms with E-state index in [1.165, 1.54) is 11.3 Å². The summed E-state index contributed by atoms with van der Waals surface area (Å²) in [5.74, 6) is 0. The molecule has 14 heavy (non-hydrogen) atoms. The van der Waals surface area contributed by atoms with Gasteiger partial charge in [-0.25, -0.2) is 4.98 Å². The molecule has 0 saturated carbocycles. The second-order valence-corrected chi connectivity index (χ2v) is 3.73. The minimum atomic E-state index is 0.261. The third-order valence-corrected chi connectivity index (χ3v) is 2.72. The average molecular weight is 232 g/mol. The minimum Gasteiger partial charge on any atom is -0.380 e. The maximum Gasteiger partial charge on any atom is 0.185 e. The molecule has 0 aliphatic carbocycles. The summed E-state index contributed by atoms with van der Waals surface area (Å²) in [6.45, 7) is 3.93. The van der Waals surface area contributed by atoms with Gasteiger partial charge in [0.2, 0.25) is 0 Å². The normalized spacial score (nSPS) is 9.79. The van der Waals surface area contributed by atoms with Crippen LogP contribution in [0.4, 0.5) is 5.13 Å². The first kappa shape index (κ1) is 11.2. The van der Waals surface area contributed by atoms with E-state index in [1.807, 2.05) is 13.0 Å². The Kier molecular flexibility index (Phi) is 4.66. The van der Waals surface area contributed by atoms with E-state index in [9.17, 15) is 0 Å². The number of nitrogens with one attached hydrogen (secondary N) is 1. The van der Waals surface area contributed by atoms with E-state index in [2.05, 4.69) is 10.3 Å². The molecule has 6 heteroatoms. The van der Waals surface area contributed by atoms with Crippen molar-refractivity contribution in [3.63, 3.8) is 0 Å². The molecule has 0 aromatic carbocycles. The molecule has 0 atom stereocenters. The largest absolute Gasteiger partial charge is 0.380 e. The van der Waals surface area contributed by atoms with Crippen LogP contribution in [0, 0.1) is 11.3 Å². The van der Waals surface area contributed by atoms with Crippen LogP contribution in [0.5, 0.6) is 0 Å². The number of nitrogens with zero attached hydrogens (tertiary/aromatic N) is 2. The molecule has 0 fully saturated rings. The molecule has 1 N–H and O–H groups in total. The van der Waals surface area contributed by atoms with Crippen molar-refractivity contribution in [3.05, 3.63) is 10.0 Å². The zero-order valence-electron chi connectivity index (χ0n) is 7.71. The molecular formula is C8H10ClN3OS. The molecule has 0 bridgehead atoms. The summed E-state index contributed by atoms with van der Waals surface area (Å²) in [5, 5.41) is 12.6. The summed E-state index contributed by atoms with van der Waals surface area (Å²) in [4.78, 5) is 4.41. The van der Waals surface area contributed by atoms with Crippen LogP contribution < -0.4 is 5.32 Å². The highest BCUT2D eigenvalue weighted by molar-refractivity contribution is 7.16. The Bertz CT molecular complexity index is 334. The number of anilines is 1. The Morgan fingerprint density at radius 3 is 3.07 bits per heavy atom. The van der Waals surface area contributed by atoms with E-state index >= 15 is 0 Å². The van der Waals surface area contributed by atoms with Crippen LogP contribution in [0.2, 0.25) is 5.15 Å². The zero-order chi connectivity index (χ0) is 10.4. The van der Waals surface area contributed by atoms with E-state index in [1.54, 1.807) is 0 Å². The van der Waals surface area contributed by atoms with Gasteiger partial charge in [-0.1, -0.05) is 22.9 Å². The van der Waals surface area contributed by atoms with Gasteiger partial charge in [0.1, 0.15) is 10.9 Å². The molecule has 0 spiro atoms. The smallest absolute Gasteiger partial charge is 0.185 e. The topological polar surface area (TPSA) is 57.9 Å². The number of aromatic nitrogens is 1. The number of rotatable bonds is 5. The number of hydrogen-bond donors (Lipinski definition) is 1. The second kappa shape index (κ2) is 5.81. The number of hydrogen-bond acceptors (Lipinski definition) is 5. The minimum absolute atomic E-state index is 0.261. The van der Waals surface area contributed by atoms with Crippen molar-refractivity contribution < 1.29 is 4.74 Å². The first-order valence-electron chi connectivity index (χ1n) is 4.16. The quantitative estimate of drug-likeness (QED) is 0.789. The van der Waals surface area contributed by atoms with Crippen LogP contribution in [0.15, 0.2) is 0 Å². The van der Waals surface area contributed by atoms with Crippen molar-refractivity contribution in [3.8, 4) is 6.07 Å². The lowest BCUT2D eigenvalue weighted by Gasteiger charge is -2.01. The van der Waals surface area contributed by atoms with Crippen LogP contribution in [-0.4, -0.2) is 24.7 Å². The summed E-state index contributed by atoms with van der Waals surface area (Å²) in [6, 6.07) is 1.97. The van der Waals surface area contributed by atoms with Gasteiger partial charge >= 0.3 is 0 Å². The molecule has 1 rings (SSSR count). The molecule has 1 heterocycles. The monoisotopic (exact) mass is 231 g/mol. The van der Waals surface area contributed by atoms with Crippen LogP contribution in [0.3, 0.4) is 0 Å².